The highest BCUT2D eigenvalue weighted by Crippen LogP contribution is 2.09. The summed E-state index contributed by atoms with van der Waals surface area (Å²) < 4.78 is 0. The van der Waals surface area contributed by atoms with Gasteiger partial charge < -0.3 is 15.8 Å². The van der Waals surface area contributed by atoms with Crippen molar-refractivity contribution < 1.29 is 10.0 Å². The van der Waals surface area contributed by atoms with E-state index in [1.54, 1.807) is 17.3 Å². The van der Waals surface area contributed by atoms with Crippen molar-refractivity contribution in [2.75, 3.05) is 13.1 Å². The summed E-state index contributed by atoms with van der Waals surface area (Å²) in [7, 11) is 0. The number of carbonyl (C=O) groups excluding carboxylic acids is 1. The lowest BCUT2D eigenvalue weighted by atomic mass is 10.1. The molecule has 0 unspecified atom stereocenters. The van der Waals surface area contributed by atoms with Crippen molar-refractivity contribution in [3.63, 3.8) is 0 Å². The number of pyridine rings is 1. The highest BCUT2D eigenvalue weighted by atomic mass is 16.4. The van der Waals surface area contributed by atoms with E-state index >= 15 is 0 Å². The van der Waals surface area contributed by atoms with Gasteiger partial charge in [-0.1, -0.05) is 19.0 Å². The second-order valence-electron chi connectivity index (χ2n) is 5.24. The van der Waals surface area contributed by atoms with Crippen molar-refractivity contribution in [1.29, 1.82) is 0 Å². The van der Waals surface area contributed by atoms with E-state index < -0.39 is 0 Å². The molecule has 20 heavy (non-hydrogen) atoms. The monoisotopic (exact) mass is 278 g/mol. The minimum Gasteiger partial charge on any atom is -0.409 e. The van der Waals surface area contributed by atoms with Crippen LogP contribution in [0.4, 0.5) is 0 Å². The maximum Gasteiger partial charge on any atom is 0.255 e. The summed E-state index contributed by atoms with van der Waals surface area (Å²) in [4.78, 5) is 18.2. The van der Waals surface area contributed by atoms with E-state index in [1.165, 1.54) is 0 Å². The fourth-order valence-corrected chi connectivity index (χ4v) is 1.87. The minimum absolute atomic E-state index is 0.0827. The highest BCUT2D eigenvalue weighted by Gasteiger charge is 2.17. The summed E-state index contributed by atoms with van der Waals surface area (Å²) >= 11 is 0. The van der Waals surface area contributed by atoms with Gasteiger partial charge in [0.15, 0.2) is 0 Å². The van der Waals surface area contributed by atoms with Crippen molar-refractivity contribution >= 4 is 11.7 Å². The predicted molar refractivity (Wildman–Crippen MR) is 77.7 cm³/mol. The molecule has 0 aliphatic rings. The van der Waals surface area contributed by atoms with Gasteiger partial charge in [0.05, 0.1) is 5.56 Å². The zero-order valence-electron chi connectivity index (χ0n) is 12.2. The average molecular weight is 278 g/mol. The van der Waals surface area contributed by atoms with Crippen molar-refractivity contribution in [1.82, 2.24) is 9.88 Å². The lowest BCUT2D eigenvalue weighted by Gasteiger charge is -2.24. The normalized spacial score (nSPS) is 11.7. The molecule has 0 aliphatic carbocycles. The highest BCUT2D eigenvalue weighted by molar-refractivity contribution is 5.94. The molecule has 1 aromatic rings. The molecule has 1 heterocycles. The quantitative estimate of drug-likeness (QED) is 0.358. The largest absolute Gasteiger partial charge is 0.409 e. The summed E-state index contributed by atoms with van der Waals surface area (Å²) in [5.41, 5.74) is 6.97. The van der Waals surface area contributed by atoms with Crippen molar-refractivity contribution in [3.8, 4) is 0 Å². The Hall–Kier alpha value is -2.11. The van der Waals surface area contributed by atoms with E-state index in [-0.39, 0.29) is 11.7 Å². The SMILES string of the molecule is Cc1cncc(C(=O)N(CCC(N)=NO)CC(C)C)c1. The fourth-order valence-electron chi connectivity index (χ4n) is 1.87. The van der Waals surface area contributed by atoms with E-state index in [4.69, 9.17) is 10.9 Å². The van der Waals surface area contributed by atoms with Gasteiger partial charge in [-0.15, -0.1) is 0 Å². The third kappa shape index (κ3) is 4.87. The number of hydrogen-bond donors (Lipinski definition) is 2. The zero-order chi connectivity index (χ0) is 15.1. The first-order chi connectivity index (χ1) is 9.43. The number of aromatic nitrogens is 1. The van der Waals surface area contributed by atoms with Crippen LogP contribution in [0.1, 0.15) is 36.2 Å². The molecule has 1 rings (SSSR count). The Bertz CT molecular complexity index is 486. The summed E-state index contributed by atoms with van der Waals surface area (Å²) in [6, 6.07) is 1.81. The van der Waals surface area contributed by atoms with Crippen molar-refractivity contribution in [3.05, 3.63) is 29.6 Å². The average Bonchev–Trinajstić information content (AvgIpc) is 2.41. The topological polar surface area (TPSA) is 91.8 Å². The molecule has 3 N–H and O–H groups in total. The standard InChI is InChI=1S/C14H22N4O2/c1-10(2)9-18(5-4-13(15)17-20)14(19)12-6-11(3)7-16-8-12/h6-8,10,20H,4-5,9H2,1-3H3,(H2,15,17). The van der Waals surface area contributed by atoms with Crippen LogP contribution in [0.15, 0.2) is 23.6 Å². The molecule has 6 nitrogen and oxygen atoms in total. The molecule has 0 saturated heterocycles. The number of nitrogens with two attached hydrogens (primary N) is 1. The van der Waals surface area contributed by atoms with Gasteiger partial charge in [0.1, 0.15) is 5.84 Å². The van der Waals surface area contributed by atoms with Crippen LogP contribution in [0.2, 0.25) is 0 Å². The number of hydrogen-bond acceptors (Lipinski definition) is 4. The number of oxime groups is 1. The lowest BCUT2D eigenvalue weighted by molar-refractivity contribution is 0.0740. The Morgan fingerprint density at radius 1 is 1.50 bits per heavy atom. The lowest BCUT2D eigenvalue weighted by Crippen LogP contribution is -2.36. The molecular weight excluding hydrogens is 256 g/mol. The summed E-state index contributed by atoms with van der Waals surface area (Å²) in [5, 5.41) is 11.5. The number of amides is 1. The second kappa shape index (κ2) is 7.47. The van der Waals surface area contributed by atoms with Gasteiger partial charge in [-0.25, -0.2) is 0 Å². The Balaban J connectivity index is 2.84. The first kappa shape index (κ1) is 15.9. The van der Waals surface area contributed by atoms with E-state index in [1.807, 2.05) is 26.8 Å². The van der Waals surface area contributed by atoms with E-state index in [2.05, 4.69) is 10.1 Å². The van der Waals surface area contributed by atoms with E-state index in [0.717, 1.165) is 5.56 Å². The van der Waals surface area contributed by atoms with Crippen LogP contribution in [0.3, 0.4) is 0 Å². The van der Waals surface area contributed by atoms with Crippen LogP contribution < -0.4 is 5.73 Å². The van der Waals surface area contributed by atoms with Crippen LogP contribution in [0.25, 0.3) is 0 Å². The van der Waals surface area contributed by atoms with Gasteiger partial charge in [-0.05, 0) is 24.5 Å². The smallest absolute Gasteiger partial charge is 0.255 e. The number of rotatable bonds is 6. The van der Waals surface area contributed by atoms with Crippen LogP contribution in [0.5, 0.6) is 0 Å². The van der Waals surface area contributed by atoms with Gasteiger partial charge in [0.25, 0.3) is 5.91 Å². The number of nitrogens with zero attached hydrogens (tertiary/aromatic N) is 3. The molecule has 0 aromatic carbocycles. The summed E-state index contributed by atoms with van der Waals surface area (Å²) in [5.74, 6) is 0.374. The Labute approximate surface area is 119 Å². The van der Waals surface area contributed by atoms with Gasteiger partial charge in [0.2, 0.25) is 0 Å². The van der Waals surface area contributed by atoms with Crippen molar-refractivity contribution in [2.24, 2.45) is 16.8 Å². The first-order valence-electron chi connectivity index (χ1n) is 6.61. The Morgan fingerprint density at radius 2 is 2.20 bits per heavy atom. The molecule has 110 valence electrons. The molecule has 0 fully saturated rings. The molecule has 0 saturated carbocycles. The van der Waals surface area contributed by atoms with Gasteiger partial charge in [-0.3, -0.25) is 9.78 Å². The van der Waals surface area contributed by atoms with Crippen LogP contribution in [-0.4, -0.2) is 39.9 Å². The van der Waals surface area contributed by atoms with Gasteiger partial charge >= 0.3 is 0 Å². The molecule has 0 aliphatic heterocycles. The third-order valence-corrected chi connectivity index (χ3v) is 2.76. The van der Waals surface area contributed by atoms with Crippen LogP contribution in [0, 0.1) is 12.8 Å². The Kier molecular flexibility index (Phi) is 5.96. The molecule has 0 bridgehead atoms. The zero-order valence-corrected chi connectivity index (χ0v) is 12.2. The summed E-state index contributed by atoms with van der Waals surface area (Å²) in [6.45, 7) is 7.01. The van der Waals surface area contributed by atoms with Crippen LogP contribution in [-0.2, 0) is 0 Å². The minimum atomic E-state index is -0.0827. The number of carbonyl (C=O) groups is 1. The first-order valence-corrected chi connectivity index (χ1v) is 6.61. The van der Waals surface area contributed by atoms with Crippen molar-refractivity contribution in [2.45, 2.75) is 27.2 Å². The Morgan fingerprint density at radius 3 is 2.75 bits per heavy atom. The van der Waals surface area contributed by atoms with Gasteiger partial charge in [-0.2, -0.15) is 0 Å². The fraction of sp³-hybridized carbons (Fsp3) is 0.500. The second-order valence-corrected chi connectivity index (χ2v) is 5.24. The summed E-state index contributed by atoms with van der Waals surface area (Å²) in [6.07, 6.45) is 3.61. The molecule has 0 spiro atoms. The number of aryl methyl sites for hydroxylation is 1. The van der Waals surface area contributed by atoms with Crippen LogP contribution >= 0.6 is 0 Å². The maximum atomic E-state index is 12.5. The predicted octanol–water partition coefficient (Wildman–Crippen LogP) is 1.62. The third-order valence-electron chi connectivity index (χ3n) is 2.76. The molecule has 1 amide bonds. The molecule has 1 aromatic heterocycles. The van der Waals surface area contributed by atoms with E-state index in [9.17, 15) is 4.79 Å². The number of amidine groups is 1. The van der Waals surface area contributed by atoms with Gasteiger partial charge in [0, 0.05) is 31.9 Å². The molecular formula is C14H22N4O2. The van der Waals surface area contributed by atoms with E-state index in [0.29, 0.717) is 31.0 Å². The molecule has 6 heteroatoms. The molecule has 0 atom stereocenters. The maximum absolute atomic E-state index is 12.5. The molecule has 0 radical (unpaired) electrons.